The van der Waals surface area contributed by atoms with E-state index in [0.29, 0.717) is 9.32 Å². The highest BCUT2D eigenvalue weighted by Gasteiger charge is 2.08. The average molecular weight is 318 g/mol. The van der Waals surface area contributed by atoms with Gasteiger partial charge in [0.25, 0.3) is 5.56 Å². The molecule has 0 aliphatic heterocycles. The van der Waals surface area contributed by atoms with Crippen molar-refractivity contribution in [1.82, 2.24) is 19.7 Å². The zero-order valence-electron chi connectivity index (χ0n) is 7.77. The van der Waals surface area contributed by atoms with Crippen LogP contribution in [0.5, 0.6) is 11.6 Å². The van der Waals surface area contributed by atoms with Gasteiger partial charge >= 0.3 is 0 Å². The van der Waals surface area contributed by atoms with E-state index in [0.717, 1.165) is 0 Å². The number of aromatic amines is 1. The van der Waals surface area contributed by atoms with E-state index in [2.05, 4.69) is 15.1 Å². The van der Waals surface area contributed by atoms with Crippen LogP contribution in [0.1, 0.15) is 0 Å². The second-order valence-corrected chi connectivity index (χ2v) is 3.88. The van der Waals surface area contributed by atoms with Gasteiger partial charge in [-0.15, -0.1) is 0 Å². The summed E-state index contributed by atoms with van der Waals surface area (Å²) in [7, 11) is 1.78. The lowest BCUT2D eigenvalue weighted by Crippen LogP contribution is -2.11. The van der Waals surface area contributed by atoms with Crippen molar-refractivity contribution in [2.24, 2.45) is 7.05 Å². The highest BCUT2D eigenvalue weighted by atomic mass is 127. The van der Waals surface area contributed by atoms with Gasteiger partial charge in [-0.25, -0.2) is 4.98 Å². The monoisotopic (exact) mass is 318 g/mol. The number of ether oxygens (including phenoxy) is 1. The number of hydrogen-bond acceptors (Lipinski definition) is 4. The van der Waals surface area contributed by atoms with Crippen LogP contribution in [0.3, 0.4) is 0 Å². The predicted molar refractivity (Wildman–Crippen MR) is 60.9 cm³/mol. The second kappa shape index (κ2) is 4.01. The van der Waals surface area contributed by atoms with E-state index in [4.69, 9.17) is 4.74 Å². The lowest BCUT2D eigenvalue weighted by Gasteiger charge is -2.01. The maximum atomic E-state index is 11.2. The minimum absolute atomic E-state index is 0.218. The van der Waals surface area contributed by atoms with Crippen LogP contribution in [0.2, 0.25) is 0 Å². The first-order valence-corrected chi connectivity index (χ1v) is 5.14. The van der Waals surface area contributed by atoms with Crippen LogP contribution >= 0.6 is 22.6 Å². The number of aryl methyl sites for hydroxylation is 1. The molecule has 0 unspecified atom stereocenters. The number of halogens is 1. The molecule has 2 rings (SSSR count). The first-order chi connectivity index (χ1) is 7.16. The summed E-state index contributed by atoms with van der Waals surface area (Å²) in [4.78, 5) is 17.6. The molecule has 0 saturated heterocycles. The largest absolute Gasteiger partial charge is 0.434 e. The molecule has 0 radical (unpaired) electrons. The molecule has 2 aromatic rings. The Hall–Kier alpha value is -1.38. The third-order valence-corrected chi connectivity index (χ3v) is 2.61. The van der Waals surface area contributed by atoms with Gasteiger partial charge in [-0.2, -0.15) is 5.10 Å². The third kappa shape index (κ3) is 2.17. The SMILES string of the molecule is Cn1cc(Oc2nc[nH]c(=O)c2I)cn1. The van der Waals surface area contributed by atoms with E-state index in [1.54, 1.807) is 24.1 Å². The summed E-state index contributed by atoms with van der Waals surface area (Å²) in [6, 6.07) is 0. The average Bonchev–Trinajstić information content (AvgIpc) is 2.59. The molecule has 1 N–H and O–H groups in total. The molecule has 0 fully saturated rings. The van der Waals surface area contributed by atoms with Gasteiger partial charge in [-0.05, 0) is 22.6 Å². The van der Waals surface area contributed by atoms with Crippen molar-refractivity contribution >= 4 is 22.6 Å². The summed E-state index contributed by atoms with van der Waals surface area (Å²) in [5.41, 5.74) is -0.218. The number of H-pyrrole nitrogens is 1. The second-order valence-electron chi connectivity index (χ2n) is 2.80. The Morgan fingerprint density at radius 3 is 3.07 bits per heavy atom. The predicted octanol–water partition coefficient (Wildman–Crippen LogP) is 0.900. The first kappa shape index (κ1) is 10.1. The highest BCUT2D eigenvalue weighted by Crippen LogP contribution is 2.20. The fraction of sp³-hybridized carbons (Fsp3) is 0.125. The quantitative estimate of drug-likeness (QED) is 0.835. The Morgan fingerprint density at radius 1 is 1.60 bits per heavy atom. The number of nitrogens with zero attached hydrogens (tertiary/aromatic N) is 3. The van der Waals surface area contributed by atoms with Gasteiger partial charge < -0.3 is 9.72 Å². The zero-order valence-corrected chi connectivity index (χ0v) is 9.93. The molecular formula is C8H7IN4O2. The normalized spacial score (nSPS) is 10.3. The topological polar surface area (TPSA) is 72.8 Å². The van der Waals surface area contributed by atoms with Crippen LogP contribution in [0.25, 0.3) is 0 Å². The van der Waals surface area contributed by atoms with Crippen LogP contribution in [0.15, 0.2) is 23.5 Å². The van der Waals surface area contributed by atoms with E-state index in [9.17, 15) is 4.79 Å². The van der Waals surface area contributed by atoms with Crippen LogP contribution < -0.4 is 10.3 Å². The van der Waals surface area contributed by atoms with Crippen LogP contribution in [-0.4, -0.2) is 19.7 Å². The molecule has 0 amide bonds. The molecule has 0 aliphatic carbocycles. The lowest BCUT2D eigenvalue weighted by molar-refractivity contribution is 0.456. The summed E-state index contributed by atoms with van der Waals surface area (Å²) >= 11 is 1.88. The summed E-state index contributed by atoms with van der Waals surface area (Å²) in [6.45, 7) is 0. The molecule has 0 aliphatic rings. The van der Waals surface area contributed by atoms with E-state index < -0.39 is 0 Å². The molecule has 0 bridgehead atoms. The van der Waals surface area contributed by atoms with E-state index in [1.807, 2.05) is 22.6 Å². The smallest absolute Gasteiger partial charge is 0.268 e. The van der Waals surface area contributed by atoms with Crippen molar-refractivity contribution in [3.8, 4) is 11.6 Å². The molecule has 78 valence electrons. The van der Waals surface area contributed by atoms with Crippen molar-refractivity contribution < 1.29 is 4.74 Å². The molecule has 0 atom stereocenters. The van der Waals surface area contributed by atoms with Gasteiger partial charge in [-0.1, -0.05) is 0 Å². The van der Waals surface area contributed by atoms with E-state index >= 15 is 0 Å². The Bertz CT molecular complexity index is 533. The van der Waals surface area contributed by atoms with Gasteiger partial charge in [0.05, 0.1) is 18.7 Å². The number of nitrogens with one attached hydrogen (secondary N) is 1. The molecule has 15 heavy (non-hydrogen) atoms. The molecule has 7 heteroatoms. The molecule has 0 saturated carbocycles. The molecular weight excluding hydrogens is 311 g/mol. The Labute approximate surface area is 98.4 Å². The molecule has 2 aromatic heterocycles. The van der Waals surface area contributed by atoms with E-state index in [1.165, 1.54) is 6.33 Å². The Morgan fingerprint density at radius 2 is 2.40 bits per heavy atom. The third-order valence-electron chi connectivity index (χ3n) is 1.66. The fourth-order valence-corrected chi connectivity index (χ4v) is 1.41. The van der Waals surface area contributed by atoms with Gasteiger partial charge in [0, 0.05) is 7.05 Å². The van der Waals surface area contributed by atoms with Crippen molar-refractivity contribution in [3.63, 3.8) is 0 Å². The highest BCUT2D eigenvalue weighted by molar-refractivity contribution is 14.1. The van der Waals surface area contributed by atoms with Gasteiger partial charge in [0.15, 0.2) is 5.75 Å². The maximum Gasteiger partial charge on any atom is 0.268 e. The maximum absolute atomic E-state index is 11.2. The van der Waals surface area contributed by atoms with Crippen molar-refractivity contribution in [1.29, 1.82) is 0 Å². The molecule has 0 aromatic carbocycles. The Balaban J connectivity index is 2.32. The van der Waals surface area contributed by atoms with Crippen LogP contribution in [0.4, 0.5) is 0 Å². The Kier molecular flexibility index (Phi) is 2.71. The summed E-state index contributed by atoms with van der Waals surface area (Å²) in [5, 5.41) is 3.94. The van der Waals surface area contributed by atoms with Crippen LogP contribution in [0, 0.1) is 3.57 Å². The lowest BCUT2D eigenvalue weighted by atomic mass is 10.6. The van der Waals surface area contributed by atoms with Crippen molar-refractivity contribution in [2.45, 2.75) is 0 Å². The first-order valence-electron chi connectivity index (χ1n) is 4.06. The number of aromatic nitrogens is 4. The molecule has 2 heterocycles. The standard InChI is InChI=1S/C8H7IN4O2/c1-13-3-5(2-12-13)15-8-6(9)7(14)10-4-11-8/h2-4H,1H3,(H,10,11,14). The van der Waals surface area contributed by atoms with Gasteiger partial charge in [0.1, 0.15) is 3.57 Å². The summed E-state index contributed by atoms with van der Waals surface area (Å²) < 4.78 is 7.41. The summed E-state index contributed by atoms with van der Waals surface area (Å²) in [6.07, 6.45) is 4.55. The van der Waals surface area contributed by atoms with Gasteiger partial charge in [0.2, 0.25) is 5.88 Å². The number of rotatable bonds is 2. The number of hydrogen-bond donors (Lipinski definition) is 1. The van der Waals surface area contributed by atoms with E-state index in [-0.39, 0.29) is 11.4 Å². The summed E-state index contributed by atoms with van der Waals surface area (Å²) in [5.74, 6) is 0.834. The zero-order chi connectivity index (χ0) is 10.8. The van der Waals surface area contributed by atoms with Gasteiger partial charge in [-0.3, -0.25) is 9.48 Å². The fourth-order valence-electron chi connectivity index (χ4n) is 1.00. The van der Waals surface area contributed by atoms with Crippen molar-refractivity contribution in [2.75, 3.05) is 0 Å². The minimum atomic E-state index is -0.218. The molecule has 0 spiro atoms. The molecule has 6 nitrogen and oxygen atoms in total. The minimum Gasteiger partial charge on any atom is -0.434 e. The van der Waals surface area contributed by atoms with Crippen molar-refractivity contribution in [3.05, 3.63) is 32.6 Å². The van der Waals surface area contributed by atoms with Crippen LogP contribution in [-0.2, 0) is 7.05 Å².